The van der Waals surface area contributed by atoms with Gasteiger partial charge < -0.3 is 15.0 Å². The lowest BCUT2D eigenvalue weighted by molar-refractivity contribution is -0.143. The number of halogens is 1. The van der Waals surface area contributed by atoms with Crippen molar-refractivity contribution in [3.63, 3.8) is 0 Å². The SMILES string of the molecule is CC[C@@H](C)NC(=O)[C@H](CC)N(Cc1ccc(Cl)cc1)C(=O)COc1ccccc1. The average Bonchev–Trinajstić information content (AvgIpc) is 2.73. The third-order valence-corrected chi connectivity index (χ3v) is 5.01. The predicted octanol–water partition coefficient (Wildman–Crippen LogP) is 4.44. The maximum atomic E-state index is 13.0. The van der Waals surface area contributed by atoms with Gasteiger partial charge in [-0.1, -0.05) is 55.8 Å². The van der Waals surface area contributed by atoms with Crippen LogP contribution in [0.3, 0.4) is 0 Å². The molecule has 2 aromatic rings. The zero-order valence-electron chi connectivity index (χ0n) is 17.2. The second-order valence-electron chi connectivity index (χ2n) is 6.99. The first-order valence-electron chi connectivity index (χ1n) is 9.96. The number of hydrogen-bond donors (Lipinski definition) is 1. The number of ether oxygens (including phenoxy) is 1. The normalized spacial score (nSPS) is 12.7. The minimum atomic E-state index is -0.577. The zero-order valence-corrected chi connectivity index (χ0v) is 18.0. The molecule has 6 heteroatoms. The number of nitrogens with zero attached hydrogens (tertiary/aromatic N) is 1. The van der Waals surface area contributed by atoms with Crippen LogP contribution in [0.15, 0.2) is 54.6 Å². The number of benzene rings is 2. The highest BCUT2D eigenvalue weighted by Crippen LogP contribution is 2.16. The first-order valence-corrected chi connectivity index (χ1v) is 10.3. The molecule has 0 spiro atoms. The fourth-order valence-corrected chi connectivity index (χ4v) is 3.02. The summed E-state index contributed by atoms with van der Waals surface area (Å²) in [5.74, 6) is 0.225. The number of hydrogen-bond acceptors (Lipinski definition) is 3. The molecular weight excluding hydrogens is 388 g/mol. The van der Waals surface area contributed by atoms with Crippen LogP contribution < -0.4 is 10.1 Å². The Balaban J connectivity index is 2.19. The van der Waals surface area contributed by atoms with E-state index in [4.69, 9.17) is 16.3 Å². The predicted molar refractivity (Wildman–Crippen MR) is 116 cm³/mol. The number of amides is 2. The molecule has 2 aromatic carbocycles. The van der Waals surface area contributed by atoms with Crippen LogP contribution in [-0.2, 0) is 16.1 Å². The topological polar surface area (TPSA) is 58.6 Å². The van der Waals surface area contributed by atoms with Gasteiger partial charge in [-0.05, 0) is 49.6 Å². The van der Waals surface area contributed by atoms with Gasteiger partial charge in [0.25, 0.3) is 5.91 Å². The molecule has 5 nitrogen and oxygen atoms in total. The number of nitrogens with one attached hydrogen (secondary N) is 1. The molecule has 2 rings (SSSR count). The van der Waals surface area contributed by atoms with Gasteiger partial charge >= 0.3 is 0 Å². The maximum absolute atomic E-state index is 13.0. The largest absolute Gasteiger partial charge is 0.484 e. The molecule has 0 fully saturated rings. The Bertz CT molecular complexity index is 780. The van der Waals surface area contributed by atoms with E-state index in [1.165, 1.54) is 0 Å². The van der Waals surface area contributed by atoms with E-state index in [2.05, 4.69) is 5.32 Å². The van der Waals surface area contributed by atoms with Crippen molar-refractivity contribution in [3.05, 3.63) is 65.2 Å². The van der Waals surface area contributed by atoms with Gasteiger partial charge in [0.05, 0.1) is 0 Å². The van der Waals surface area contributed by atoms with Crippen molar-refractivity contribution < 1.29 is 14.3 Å². The van der Waals surface area contributed by atoms with Gasteiger partial charge in [-0.15, -0.1) is 0 Å². The van der Waals surface area contributed by atoms with E-state index in [9.17, 15) is 9.59 Å². The highest BCUT2D eigenvalue weighted by molar-refractivity contribution is 6.30. The Morgan fingerprint density at radius 2 is 1.69 bits per heavy atom. The van der Waals surface area contributed by atoms with Gasteiger partial charge in [-0.25, -0.2) is 0 Å². The van der Waals surface area contributed by atoms with Crippen molar-refractivity contribution in [2.24, 2.45) is 0 Å². The Hall–Kier alpha value is -2.53. The van der Waals surface area contributed by atoms with Crippen LogP contribution in [0.1, 0.15) is 39.2 Å². The van der Waals surface area contributed by atoms with Crippen LogP contribution >= 0.6 is 11.6 Å². The highest BCUT2D eigenvalue weighted by Gasteiger charge is 2.29. The van der Waals surface area contributed by atoms with Crippen LogP contribution in [0.4, 0.5) is 0 Å². The summed E-state index contributed by atoms with van der Waals surface area (Å²) in [5.41, 5.74) is 0.900. The minimum absolute atomic E-state index is 0.0459. The molecule has 0 bridgehead atoms. The van der Waals surface area contributed by atoms with Crippen molar-refractivity contribution in [1.82, 2.24) is 10.2 Å². The molecule has 0 saturated carbocycles. The first kappa shape index (κ1) is 22.8. The molecule has 0 heterocycles. The molecular formula is C23H29ClN2O3. The molecule has 0 aliphatic heterocycles. The third-order valence-electron chi connectivity index (χ3n) is 4.76. The first-order chi connectivity index (χ1) is 13.9. The second kappa shape index (κ2) is 11.5. The molecule has 2 amide bonds. The molecule has 1 N–H and O–H groups in total. The van der Waals surface area contributed by atoms with Crippen molar-refractivity contribution in [3.8, 4) is 5.75 Å². The fraction of sp³-hybridized carbons (Fsp3) is 0.391. The summed E-state index contributed by atoms with van der Waals surface area (Å²) in [6.07, 6.45) is 1.33. The molecule has 0 saturated heterocycles. The minimum Gasteiger partial charge on any atom is -0.484 e. The van der Waals surface area contributed by atoms with Crippen molar-refractivity contribution in [1.29, 1.82) is 0 Å². The Labute approximate surface area is 178 Å². The lowest BCUT2D eigenvalue weighted by atomic mass is 10.1. The summed E-state index contributed by atoms with van der Waals surface area (Å²) in [7, 11) is 0. The molecule has 0 aliphatic rings. The Morgan fingerprint density at radius 3 is 2.28 bits per heavy atom. The van der Waals surface area contributed by atoms with Gasteiger partial charge in [0.1, 0.15) is 11.8 Å². The van der Waals surface area contributed by atoms with E-state index in [0.29, 0.717) is 23.7 Å². The summed E-state index contributed by atoms with van der Waals surface area (Å²) in [4.78, 5) is 27.5. The van der Waals surface area contributed by atoms with E-state index >= 15 is 0 Å². The van der Waals surface area contributed by atoms with Gasteiger partial charge in [0.15, 0.2) is 6.61 Å². The number of carbonyl (C=O) groups is 2. The van der Waals surface area contributed by atoms with Gasteiger partial charge in [-0.2, -0.15) is 0 Å². The summed E-state index contributed by atoms with van der Waals surface area (Å²) in [6, 6.07) is 15.9. The number of para-hydroxylation sites is 1. The third kappa shape index (κ3) is 7.09. The van der Waals surface area contributed by atoms with E-state index in [0.717, 1.165) is 12.0 Å². The standard InChI is InChI=1S/C23H29ClN2O3/c1-4-17(3)25-23(28)21(5-2)26(15-18-11-13-19(24)14-12-18)22(27)16-29-20-9-7-6-8-10-20/h6-14,17,21H,4-5,15-16H2,1-3H3,(H,25,28)/t17-,21+/m1/s1. The van der Waals surface area contributed by atoms with Gasteiger partial charge in [0.2, 0.25) is 5.91 Å². The van der Waals surface area contributed by atoms with Crippen LogP contribution in [0.2, 0.25) is 5.02 Å². The summed E-state index contributed by atoms with van der Waals surface area (Å²) in [5, 5.41) is 3.62. The maximum Gasteiger partial charge on any atom is 0.261 e. The molecule has 156 valence electrons. The summed E-state index contributed by atoms with van der Waals surface area (Å²) in [6.45, 7) is 6.04. The molecule has 0 aromatic heterocycles. The Morgan fingerprint density at radius 1 is 1.03 bits per heavy atom. The average molecular weight is 417 g/mol. The van der Waals surface area contributed by atoms with Crippen molar-refractivity contribution in [2.75, 3.05) is 6.61 Å². The van der Waals surface area contributed by atoms with Crippen LogP contribution in [-0.4, -0.2) is 35.4 Å². The van der Waals surface area contributed by atoms with E-state index in [1.807, 2.05) is 51.1 Å². The fourth-order valence-electron chi connectivity index (χ4n) is 2.89. The number of rotatable bonds is 10. The molecule has 29 heavy (non-hydrogen) atoms. The molecule has 2 atom stereocenters. The van der Waals surface area contributed by atoms with Gasteiger partial charge in [-0.3, -0.25) is 9.59 Å². The van der Waals surface area contributed by atoms with Crippen LogP contribution in [0.5, 0.6) is 5.75 Å². The van der Waals surface area contributed by atoms with Crippen LogP contribution in [0, 0.1) is 0 Å². The van der Waals surface area contributed by atoms with Crippen LogP contribution in [0.25, 0.3) is 0 Å². The zero-order chi connectivity index (χ0) is 21.2. The smallest absolute Gasteiger partial charge is 0.261 e. The van der Waals surface area contributed by atoms with E-state index in [1.54, 1.807) is 29.2 Å². The molecule has 0 radical (unpaired) electrons. The monoisotopic (exact) mass is 416 g/mol. The summed E-state index contributed by atoms with van der Waals surface area (Å²) < 4.78 is 5.64. The van der Waals surface area contributed by atoms with Crippen molar-refractivity contribution >= 4 is 23.4 Å². The highest BCUT2D eigenvalue weighted by atomic mass is 35.5. The second-order valence-corrected chi connectivity index (χ2v) is 7.43. The Kier molecular flexibility index (Phi) is 9.00. The lowest BCUT2D eigenvalue weighted by Gasteiger charge is -2.31. The lowest BCUT2D eigenvalue weighted by Crippen LogP contribution is -2.51. The van der Waals surface area contributed by atoms with Gasteiger partial charge in [0, 0.05) is 17.6 Å². The molecule has 0 aliphatic carbocycles. The summed E-state index contributed by atoms with van der Waals surface area (Å²) >= 11 is 5.98. The van der Waals surface area contributed by atoms with E-state index in [-0.39, 0.29) is 24.5 Å². The van der Waals surface area contributed by atoms with Crippen molar-refractivity contribution in [2.45, 2.75) is 52.2 Å². The quantitative estimate of drug-likeness (QED) is 0.622. The van der Waals surface area contributed by atoms with E-state index < -0.39 is 6.04 Å². The number of carbonyl (C=O) groups excluding carboxylic acids is 2. The molecule has 0 unspecified atom stereocenters.